The zero-order valence-corrected chi connectivity index (χ0v) is 17.4. The Kier molecular flexibility index (Phi) is 7.90. The van der Waals surface area contributed by atoms with Crippen LogP contribution in [0.5, 0.6) is 0 Å². The average molecular weight is 422 g/mol. The van der Waals surface area contributed by atoms with Crippen molar-refractivity contribution in [1.82, 2.24) is 9.80 Å². The molecule has 8 nitrogen and oxygen atoms in total. The summed E-state index contributed by atoms with van der Waals surface area (Å²) in [5.74, 6) is -0.268. The third-order valence-electron chi connectivity index (χ3n) is 5.29. The number of anilines is 1. The monoisotopic (exact) mass is 421 g/mol. The smallest absolute Gasteiger partial charge is 0.330 e. The number of halogens is 1. The number of amidine groups is 1. The van der Waals surface area contributed by atoms with Crippen LogP contribution < -0.4 is 10.6 Å². The van der Waals surface area contributed by atoms with Gasteiger partial charge in [0, 0.05) is 56.6 Å². The summed E-state index contributed by atoms with van der Waals surface area (Å²) < 4.78 is 4.66. The number of methoxy groups -OCH3 is 1. The maximum absolute atomic E-state index is 12.8. The van der Waals surface area contributed by atoms with E-state index in [1.165, 1.54) is 13.2 Å². The molecule has 29 heavy (non-hydrogen) atoms. The van der Waals surface area contributed by atoms with Gasteiger partial charge in [0.1, 0.15) is 5.84 Å². The molecular formula is C20H28ClN5O3. The van der Waals surface area contributed by atoms with Gasteiger partial charge in [-0.25, -0.2) is 9.59 Å². The van der Waals surface area contributed by atoms with E-state index in [0.717, 1.165) is 24.4 Å². The van der Waals surface area contributed by atoms with Crippen molar-refractivity contribution >= 4 is 35.9 Å². The molecular weight excluding hydrogens is 394 g/mol. The number of hydrogen-bond donors (Lipinski definition) is 2. The van der Waals surface area contributed by atoms with Crippen molar-refractivity contribution < 1.29 is 14.3 Å². The van der Waals surface area contributed by atoms with E-state index < -0.39 is 0 Å². The van der Waals surface area contributed by atoms with E-state index >= 15 is 0 Å². The van der Waals surface area contributed by atoms with Crippen LogP contribution in [0, 0.1) is 5.41 Å². The summed E-state index contributed by atoms with van der Waals surface area (Å²) in [6, 6.07) is 7.70. The van der Waals surface area contributed by atoms with E-state index in [2.05, 4.69) is 9.64 Å². The first-order valence-electron chi connectivity index (χ1n) is 9.48. The Morgan fingerprint density at radius 3 is 2.07 bits per heavy atom. The van der Waals surface area contributed by atoms with E-state index in [4.69, 9.17) is 11.1 Å². The Morgan fingerprint density at radius 1 is 1.00 bits per heavy atom. The molecule has 0 radical (unpaired) electrons. The fraction of sp³-hybridized carbons (Fsp3) is 0.450. The number of piperazine rings is 1. The van der Waals surface area contributed by atoms with Gasteiger partial charge in [0.05, 0.1) is 7.11 Å². The molecule has 1 aromatic carbocycles. The van der Waals surface area contributed by atoms with Gasteiger partial charge in [0.25, 0.3) is 0 Å². The average Bonchev–Trinajstić information content (AvgIpc) is 2.74. The summed E-state index contributed by atoms with van der Waals surface area (Å²) >= 11 is 0. The van der Waals surface area contributed by atoms with Crippen LogP contribution in [-0.2, 0) is 9.53 Å². The Labute approximate surface area is 177 Å². The van der Waals surface area contributed by atoms with Gasteiger partial charge in [-0.2, -0.15) is 0 Å². The molecule has 0 aliphatic carbocycles. The van der Waals surface area contributed by atoms with Gasteiger partial charge in [-0.15, -0.1) is 12.4 Å². The number of nitrogen functional groups attached to an aromatic ring is 1. The second-order valence-electron chi connectivity index (χ2n) is 7.03. The third kappa shape index (κ3) is 5.63. The molecule has 3 rings (SSSR count). The molecule has 9 heteroatoms. The van der Waals surface area contributed by atoms with E-state index in [1.54, 1.807) is 0 Å². The first-order chi connectivity index (χ1) is 13.5. The Morgan fingerprint density at radius 2 is 1.55 bits per heavy atom. The zero-order valence-electron chi connectivity index (χ0n) is 16.6. The van der Waals surface area contributed by atoms with Crippen molar-refractivity contribution in [2.24, 2.45) is 5.73 Å². The minimum Gasteiger partial charge on any atom is -0.466 e. The highest BCUT2D eigenvalue weighted by atomic mass is 35.5. The van der Waals surface area contributed by atoms with E-state index in [-0.39, 0.29) is 30.2 Å². The summed E-state index contributed by atoms with van der Waals surface area (Å²) in [7, 11) is 1.37. The van der Waals surface area contributed by atoms with Crippen molar-refractivity contribution in [3.63, 3.8) is 0 Å². The molecule has 2 fully saturated rings. The predicted octanol–water partition coefficient (Wildman–Crippen LogP) is 1.83. The van der Waals surface area contributed by atoms with Gasteiger partial charge in [-0.3, -0.25) is 5.41 Å². The van der Waals surface area contributed by atoms with Gasteiger partial charge in [-0.05, 0) is 37.1 Å². The molecule has 0 aromatic heterocycles. The first-order valence-corrected chi connectivity index (χ1v) is 9.48. The molecule has 2 saturated heterocycles. The van der Waals surface area contributed by atoms with Crippen molar-refractivity contribution in [1.29, 1.82) is 5.41 Å². The highest BCUT2D eigenvalue weighted by Crippen LogP contribution is 2.20. The number of urea groups is 1. The number of hydrogen-bond acceptors (Lipinski definition) is 5. The minimum atomic E-state index is -0.331. The predicted molar refractivity (Wildman–Crippen MR) is 115 cm³/mol. The normalized spacial score (nSPS) is 16.7. The molecule has 0 atom stereocenters. The van der Waals surface area contributed by atoms with Crippen LogP contribution in [-0.4, -0.2) is 74.0 Å². The number of nitrogens with two attached hydrogens (primary N) is 1. The number of esters is 1. The van der Waals surface area contributed by atoms with Crippen LogP contribution >= 0.6 is 12.4 Å². The lowest BCUT2D eigenvalue weighted by Crippen LogP contribution is -2.53. The standard InChI is InChI=1S/C20H27N5O3.ClH/c1-28-18(26)14-15-6-8-24(9-7-15)20(27)25-12-10-23(11-13-25)17-4-2-16(3-5-17)19(21)22;/h2-5,14H,6-13H2,1H3,(H3,21,22);1H. The number of nitrogens with zero attached hydrogens (tertiary/aromatic N) is 3. The lowest BCUT2D eigenvalue weighted by molar-refractivity contribution is -0.134. The summed E-state index contributed by atoms with van der Waals surface area (Å²) in [6.07, 6.45) is 2.96. The Bertz CT molecular complexity index is 763. The van der Waals surface area contributed by atoms with Crippen LogP contribution in [0.4, 0.5) is 10.5 Å². The highest BCUT2D eigenvalue weighted by molar-refractivity contribution is 5.95. The number of amides is 2. The molecule has 1 aromatic rings. The lowest BCUT2D eigenvalue weighted by atomic mass is 10.0. The van der Waals surface area contributed by atoms with Crippen LogP contribution in [0.25, 0.3) is 0 Å². The molecule has 158 valence electrons. The molecule has 0 saturated carbocycles. The highest BCUT2D eigenvalue weighted by Gasteiger charge is 2.27. The number of benzene rings is 1. The number of nitrogens with one attached hydrogen (secondary N) is 1. The fourth-order valence-electron chi connectivity index (χ4n) is 3.56. The van der Waals surface area contributed by atoms with Crippen LogP contribution in [0.3, 0.4) is 0 Å². The number of likely N-dealkylation sites (tertiary alicyclic amines) is 1. The SMILES string of the molecule is COC(=O)C=C1CCN(C(=O)N2CCN(c3ccc(C(=N)N)cc3)CC2)CC1.Cl. The van der Waals surface area contributed by atoms with Gasteiger partial charge >= 0.3 is 12.0 Å². The van der Waals surface area contributed by atoms with E-state index in [0.29, 0.717) is 44.6 Å². The number of rotatable bonds is 3. The van der Waals surface area contributed by atoms with Gasteiger partial charge in [-0.1, -0.05) is 5.57 Å². The molecule has 2 amide bonds. The number of carbonyl (C=O) groups is 2. The van der Waals surface area contributed by atoms with Gasteiger partial charge in [0.2, 0.25) is 0 Å². The van der Waals surface area contributed by atoms with Crippen molar-refractivity contribution in [3.05, 3.63) is 41.5 Å². The number of ether oxygens (including phenoxy) is 1. The molecule has 2 aliphatic rings. The fourth-order valence-corrected chi connectivity index (χ4v) is 3.56. The molecule has 0 bridgehead atoms. The number of carbonyl (C=O) groups excluding carboxylic acids is 2. The first kappa shape index (κ1) is 22.5. The largest absolute Gasteiger partial charge is 0.466 e. The van der Waals surface area contributed by atoms with Crippen molar-refractivity contribution in [3.8, 4) is 0 Å². The van der Waals surface area contributed by atoms with Crippen LogP contribution in [0.2, 0.25) is 0 Å². The van der Waals surface area contributed by atoms with Crippen molar-refractivity contribution in [2.75, 3.05) is 51.3 Å². The Balaban J connectivity index is 0.00000300. The topological polar surface area (TPSA) is 103 Å². The number of piperidine rings is 1. The maximum Gasteiger partial charge on any atom is 0.330 e. The van der Waals surface area contributed by atoms with Crippen LogP contribution in [0.15, 0.2) is 35.9 Å². The van der Waals surface area contributed by atoms with Gasteiger partial charge < -0.3 is 25.2 Å². The summed E-state index contributed by atoms with van der Waals surface area (Å²) in [6.45, 7) is 4.16. The zero-order chi connectivity index (χ0) is 20.1. The molecule has 2 heterocycles. The minimum absolute atomic E-state index is 0. The molecule has 0 spiro atoms. The lowest BCUT2D eigenvalue weighted by Gasteiger charge is -2.39. The second kappa shape index (κ2) is 10.2. The molecule has 2 aliphatic heterocycles. The summed E-state index contributed by atoms with van der Waals surface area (Å²) in [4.78, 5) is 30.1. The van der Waals surface area contributed by atoms with Crippen molar-refractivity contribution in [2.45, 2.75) is 12.8 Å². The third-order valence-corrected chi connectivity index (χ3v) is 5.29. The summed E-state index contributed by atoms with van der Waals surface area (Å²) in [5.41, 5.74) is 8.32. The molecule has 0 unspecified atom stereocenters. The van der Waals surface area contributed by atoms with E-state index in [9.17, 15) is 9.59 Å². The molecule has 3 N–H and O–H groups in total. The second-order valence-corrected chi connectivity index (χ2v) is 7.03. The Hall–Kier alpha value is -2.74. The quantitative estimate of drug-likeness (QED) is 0.335. The van der Waals surface area contributed by atoms with Gasteiger partial charge in [0.15, 0.2) is 0 Å². The summed E-state index contributed by atoms with van der Waals surface area (Å²) in [5, 5.41) is 7.47. The van der Waals surface area contributed by atoms with E-state index in [1.807, 2.05) is 34.1 Å². The van der Waals surface area contributed by atoms with Crippen LogP contribution in [0.1, 0.15) is 18.4 Å². The maximum atomic E-state index is 12.8.